The lowest BCUT2D eigenvalue weighted by molar-refractivity contribution is 0.589. The van der Waals surface area contributed by atoms with Gasteiger partial charge in [0, 0.05) is 27.8 Å². The van der Waals surface area contributed by atoms with Crippen LogP contribution >= 0.6 is 0 Å². The van der Waals surface area contributed by atoms with Crippen molar-refractivity contribution in [3.05, 3.63) is 97.3 Å². The largest absolute Gasteiger partial charge is 0.551 e. The summed E-state index contributed by atoms with van der Waals surface area (Å²) in [5, 5.41) is 1.10. The highest BCUT2D eigenvalue weighted by Crippen LogP contribution is 2.45. The SMILES string of the molecule is c1ccc(N2c3ccccc3B3Oc4ccccc4-c4cc5ccoc5c2c43)cc1. The number of fused-ring (bicyclic) bond motifs is 6. The van der Waals surface area contributed by atoms with Crippen molar-refractivity contribution in [1.82, 2.24) is 0 Å². The third kappa shape index (κ3) is 2.00. The van der Waals surface area contributed by atoms with Gasteiger partial charge in [0.2, 0.25) is 0 Å². The van der Waals surface area contributed by atoms with E-state index in [1.807, 2.05) is 18.2 Å². The molecule has 7 rings (SSSR count). The first-order chi connectivity index (χ1) is 14.9. The number of nitrogens with zero attached hydrogens (tertiary/aromatic N) is 1. The van der Waals surface area contributed by atoms with Gasteiger partial charge in [-0.15, -0.1) is 0 Å². The molecule has 30 heavy (non-hydrogen) atoms. The monoisotopic (exact) mass is 385 g/mol. The second-order valence-corrected chi connectivity index (χ2v) is 7.75. The number of hydrogen-bond acceptors (Lipinski definition) is 3. The molecule has 140 valence electrons. The number of anilines is 3. The second-order valence-electron chi connectivity index (χ2n) is 7.75. The van der Waals surface area contributed by atoms with Crippen molar-refractivity contribution >= 4 is 45.9 Å². The summed E-state index contributed by atoms with van der Waals surface area (Å²) in [6.45, 7) is -0.171. The lowest BCUT2D eigenvalue weighted by Gasteiger charge is -2.39. The molecule has 3 heterocycles. The predicted molar refractivity (Wildman–Crippen MR) is 122 cm³/mol. The van der Waals surface area contributed by atoms with Gasteiger partial charge >= 0.3 is 6.92 Å². The van der Waals surface area contributed by atoms with Gasteiger partial charge in [0.15, 0.2) is 5.58 Å². The highest BCUT2D eigenvalue weighted by atomic mass is 16.4. The van der Waals surface area contributed by atoms with Crippen LogP contribution in [0.1, 0.15) is 0 Å². The van der Waals surface area contributed by atoms with E-state index in [1.165, 1.54) is 11.0 Å². The maximum atomic E-state index is 6.61. The Bertz CT molecular complexity index is 1440. The molecule has 0 saturated carbocycles. The molecule has 0 N–H and O–H groups in total. The van der Waals surface area contributed by atoms with Crippen molar-refractivity contribution in [2.75, 3.05) is 4.90 Å². The summed E-state index contributed by atoms with van der Waals surface area (Å²) in [5.74, 6) is 0.923. The van der Waals surface area contributed by atoms with Crippen molar-refractivity contribution in [2.45, 2.75) is 0 Å². The Morgan fingerprint density at radius 2 is 1.53 bits per heavy atom. The molecule has 0 bridgehead atoms. The first kappa shape index (κ1) is 15.9. The quantitative estimate of drug-likeness (QED) is 0.362. The van der Waals surface area contributed by atoms with Crippen LogP contribution in [0.25, 0.3) is 22.1 Å². The van der Waals surface area contributed by atoms with Gasteiger partial charge in [0.1, 0.15) is 5.75 Å². The Morgan fingerprint density at radius 1 is 0.733 bits per heavy atom. The number of rotatable bonds is 1. The molecule has 0 fully saturated rings. The molecule has 2 aliphatic heterocycles. The predicted octanol–water partition coefficient (Wildman–Crippen LogP) is 5.38. The number of hydrogen-bond donors (Lipinski definition) is 0. The third-order valence-electron chi connectivity index (χ3n) is 6.14. The Labute approximate surface area is 174 Å². The molecule has 2 aliphatic rings. The van der Waals surface area contributed by atoms with Crippen LogP contribution in [0.2, 0.25) is 0 Å². The van der Waals surface area contributed by atoms with E-state index in [9.17, 15) is 0 Å². The van der Waals surface area contributed by atoms with Crippen LogP contribution in [0.15, 0.2) is 102 Å². The smallest absolute Gasteiger partial charge is 0.431 e. The maximum Gasteiger partial charge on any atom is 0.431 e. The van der Waals surface area contributed by atoms with Crippen LogP contribution in [0.4, 0.5) is 17.1 Å². The van der Waals surface area contributed by atoms with Crippen LogP contribution < -0.4 is 20.5 Å². The minimum atomic E-state index is -0.171. The minimum Gasteiger partial charge on any atom is -0.551 e. The molecule has 0 amide bonds. The van der Waals surface area contributed by atoms with E-state index in [0.29, 0.717) is 0 Å². The number of para-hydroxylation sites is 3. The fourth-order valence-corrected chi connectivity index (χ4v) is 4.89. The van der Waals surface area contributed by atoms with Gasteiger partial charge in [-0.25, -0.2) is 0 Å². The van der Waals surface area contributed by atoms with Gasteiger partial charge < -0.3 is 14.0 Å². The first-order valence-corrected chi connectivity index (χ1v) is 10.1. The molecular formula is C26H16BNO2. The van der Waals surface area contributed by atoms with Gasteiger partial charge in [0.25, 0.3) is 0 Å². The van der Waals surface area contributed by atoms with Gasteiger partial charge in [-0.3, -0.25) is 0 Å². The second kappa shape index (κ2) is 5.80. The molecule has 0 unspecified atom stereocenters. The van der Waals surface area contributed by atoms with E-state index in [1.54, 1.807) is 6.26 Å². The van der Waals surface area contributed by atoms with Gasteiger partial charge in [-0.05, 0) is 47.4 Å². The van der Waals surface area contributed by atoms with E-state index in [0.717, 1.165) is 44.8 Å². The van der Waals surface area contributed by atoms with Crippen molar-refractivity contribution in [3.8, 4) is 16.9 Å². The fourth-order valence-electron chi connectivity index (χ4n) is 4.89. The van der Waals surface area contributed by atoms with Crippen LogP contribution in [-0.2, 0) is 0 Å². The summed E-state index contributed by atoms with van der Waals surface area (Å²) in [5.41, 5.74) is 8.84. The van der Waals surface area contributed by atoms with E-state index in [4.69, 9.17) is 9.07 Å². The van der Waals surface area contributed by atoms with Crippen LogP contribution in [0.3, 0.4) is 0 Å². The van der Waals surface area contributed by atoms with Crippen molar-refractivity contribution < 1.29 is 9.07 Å². The molecular weight excluding hydrogens is 369 g/mol. The molecule has 5 aromatic rings. The van der Waals surface area contributed by atoms with Crippen LogP contribution in [0, 0.1) is 0 Å². The van der Waals surface area contributed by atoms with Crippen molar-refractivity contribution in [1.29, 1.82) is 0 Å². The first-order valence-electron chi connectivity index (χ1n) is 10.1. The van der Waals surface area contributed by atoms with E-state index in [2.05, 4.69) is 77.7 Å². The van der Waals surface area contributed by atoms with Gasteiger partial charge in [0.05, 0.1) is 12.0 Å². The summed E-state index contributed by atoms with van der Waals surface area (Å²) in [4.78, 5) is 2.31. The number of benzene rings is 4. The molecule has 1 aromatic heterocycles. The molecule has 0 atom stereocenters. The summed E-state index contributed by atoms with van der Waals surface area (Å²) < 4.78 is 12.7. The molecule has 3 nitrogen and oxygen atoms in total. The third-order valence-corrected chi connectivity index (χ3v) is 6.14. The lowest BCUT2D eigenvalue weighted by atomic mass is 9.49. The highest BCUT2D eigenvalue weighted by Gasteiger charge is 2.43. The molecule has 0 spiro atoms. The zero-order chi connectivity index (χ0) is 19.7. The lowest BCUT2D eigenvalue weighted by Crippen LogP contribution is -2.56. The Kier molecular flexibility index (Phi) is 3.08. The Balaban J connectivity index is 1.66. The minimum absolute atomic E-state index is 0.171. The zero-order valence-electron chi connectivity index (χ0n) is 16.1. The normalized spacial score (nSPS) is 13.5. The molecule has 0 saturated heterocycles. The Morgan fingerprint density at radius 3 is 2.47 bits per heavy atom. The van der Waals surface area contributed by atoms with Gasteiger partial charge in [-0.1, -0.05) is 54.6 Å². The molecule has 0 radical (unpaired) electrons. The maximum absolute atomic E-state index is 6.61. The van der Waals surface area contributed by atoms with Crippen LogP contribution in [0.5, 0.6) is 5.75 Å². The topological polar surface area (TPSA) is 25.6 Å². The summed E-state index contributed by atoms with van der Waals surface area (Å²) in [6.07, 6.45) is 1.78. The molecule has 4 heteroatoms. The number of furan rings is 1. The van der Waals surface area contributed by atoms with Crippen molar-refractivity contribution in [2.24, 2.45) is 0 Å². The average Bonchev–Trinajstić information content (AvgIpc) is 3.28. The standard InChI is InChI=1S/C26H16BNO2/c1-2-8-18(9-3-1)28-22-12-6-5-11-21(22)27-24-20(19-10-4-7-13-23(19)30-27)16-17-14-15-29-26(17)25(24)28/h1-16H. The molecule has 0 aliphatic carbocycles. The highest BCUT2D eigenvalue weighted by molar-refractivity contribution is 6.86. The van der Waals surface area contributed by atoms with E-state index < -0.39 is 0 Å². The zero-order valence-corrected chi connectivity index (χ0v) is 16.1. The van der Waals surface area contributed by atoms with E-state index in [-0.39, 0.29) is 6.92 Å². The van der Waals surface area contributed by atoms with Crippen LogP contribution in [-0.4, -0.2) is 6.92 Å². The Hall–Kier alpha value is -3.92. The summed E-state index contributed by atoms with van der Waals surface area (Å²) in [6, 6.07) is 31.6. The van der Waals surface area contributed by atoms with E-state index >= 15 is 0 Å². The average molecular weight is 385 g/mol. The summed E-state index contributed by atoms with van der Waals surface area (Å²) in [7, 11) is 0. The van der Waals surface area contributed by atoms with Gasteiger partial charge in [-0.2, -0.15) is 0 Å². The summed E-state index contributed by atoms with van der Waals surface area (Å²) >= 11 is 0. The van der Waals surface area contributed by atoms with Crippen molar-refractivity contribution in [3.63, 3.8) is 0 Å². The fraction of sp³-hybridized carbons (Fsp3) is 0. The molecule has 4 aromatic carbocycles.